The van der Waals surface area contributed by atoms with Gasteiger partial charge >= 0.3 is 0 Å². The molecule has 0 aliphatic carbocycles. The Morgan fingerprint density at radius 3 is 2.48 bits per heavy atom. The summed E-state index contributed by atoms with van der Waals surface area (Å²) in [5.74, 6) is 1.87. The molecule has 118 valence electrons. The Balaban J connectivity index is 1.49. The van der Waals surface area contributed by atoms with E-state index in [0.29, 0.717) is 0 Å². The number of hydrogen-bond acceptors (Lipinski definition) is 4. The maximum Gasteiger partial charge on any atom is 0.204 e. The predicted octanol–water partition coefficient (Wildman–Crippen LogP) is 1.45. The van der Waals surface area contributed by atoms with Gasteiger partial charge in [0.15, 0.2) is 0 Å². The van der Waals surface area contributed by atoms with Crippen LogP contribution in [0.15, 0.2) is 6.20 Å². The van der Waals surface area contributed by atoms with E-state index < -0.39 is 0 Å². The average molecular weight is 291 g/mol. The van der Waals surface area contributed by atoms with Crippen LogP contribution in [0.3, 0.4) is 0 Å². The molecule has 2 aliphatic rings. The second kappa shape index (κ2) is 5.97. The molecular formula is C16H29N5. The van der Waals surface area contributed by atoms with Gasteiger partial charge in [-0.2, -0.15) is 0 Å². The van der Waals surface area contributed by atoms with E-state index in [2.05, 4.69) is 38.8 Å². The van der Waals surface area contributed by atoms with Crippen LogP contribution < -0.4 is 10.2 Å². The average Bonchev–Trinajstić information content (AvgIpc) is 2.88. The van der Waals surface area contributed by atoms with E-state index in [1.165, 1.54) is 31.4 Å². The van der Waals surface area contributed by atoms with E-state index in [9.17, 15) is 0 Å². The summed E-state index contributed by atoms with van der Waals surface area (Å²) in [7, 11) is 8.47. The fourth-order valence-corrected chi connectivity index (χ4v) is 4.11. The van der Waals surface area contributed by atoms with Crippen molar-refractivity contribution in [3.8, 4) is 0 Å². The number of fused-ring (bicyclic) bond motifs is 2. The van der Waals surface area contributed by atoms with Crippen LogP contribution in [0.1, 0.15) is 31.4 Å². The molecule has 1 aromatic heterocycles. The van der Waals surface area contributed by atoms with Crippen molar-refractivity contribution in [3.63, 3.8) is 0 Å². The summed E-state index contributed by atoms with van der Waals surface area (Å²) in [6.45, 7) is 2.06. The van der Waals surface area contributed by atoms with E-state index in [1.54, 1.807) is 0 Å². The zero-order valence-corrected chi connectivity index (χ0v) is 13.8. The highest BCUT2D eigenvalue weighted by atomic mass is 15.3. The molecule has 1 N–H and O–H groups in total. The van der Waals surface area contributed by atoms with Crippen molar-refractivity contribution in [1.82, 2.24) is 19.8 Å². The van der Waals surface area contributed by atoms with E-state index in [1.807, 2.05) is 20.3 Å². The van der Waals surface area contributed by atoms with Crippen LogP contribution in [0.4, 0.5) is 5.95 Å². The molecule has 2 aliphatic heterocycles. The molecule has 0 saturated carbocycles. The Morgan fingerprint density at radius 1 is 1.24 bits per heavy atom. The topological polar surface area (TPSA) is 36.3 Å². The van der Waals surface area contributed by atoms with Gasteiger partial charge in [-0.25, -0.2) is 4.98 Å². The lowest BCUT2D eigenvalue weighted by atomic mass is 9.91. The van der Waals surface area contributed by atoms with Gasteiger partial charge in [0.1, 0.15) is 0 Å². The normalized spacial score (nSPS) is 29.0. The number of imidazole rings is 1. The third kappa shape index (κ3) is 2.94. The number of piperidine rings is 1. The number of nitrogens with zero attached hydrogens (tertiary/aromatic N) is 4. The molecule has 2 saturated heterocycles. The van der Waals surface area contributed by atoms with Gasteiger partial charge in [-0.05, 0) is 45.2 Å². The molecule has 5 nitrogen and oxygen atoms in total. The molecule has 0 spiro atoms. The minimum atomic E-state index is 0.840. The summed E-state index contributed by atoms with van der Waals surface area (Å²) in [5.41, 5.74) is 1.26. The number of aromatic nitrogens is 2. The number of hydrogen-bond donors (Lipinski definition) is 1. The molecule has 2 unspecified atom stereocenters. The van der Waals surface area contributed by atoms with Crippen molar-refractivity contribution >= 4 is 5.95 Å². The summed E-state index contributed by atoms with van der Waals surface area (Å²) < 4.78 is 2.17. The minimum Gasteiger partial charge on any atom is -0.348 e. The van der Waals surface area contributed by atoms with E-state index in [4.69, 9.17) is 0 Å². The zero-order valence-electron chi connectivity index (χ0n) is 13.8. The van der Waals surface area contributed by atoms with Gasteiger partial charge in [-0.1, -0.05) is 0 Å². The number of anilines is 1. The third-order valence-electron chi connectivity index (χ3n) is 5.39. The van der Waals surface area contributed by atoms with Gasteiger partial charge in [0.05, 0.1) is 11.9 Å². The minimum absolute atomic E-state index is 0.840. The summed E-state index contributed by atoms with van der Waals surface area (Å²) in [6, 6.07) is 1.68. The first kappa shape index (κ1) is 14.9. The largest absolute Gasteiger partial charge is 0.348 e. The molecule has 0 amide bonds. The number of rotatable bonds is 5. The third-order valence-corrected chi connectivity index (χ3v) is 5.39. The fraction of sp³-hybridized carbons (Fsp3) is 0.812. The molecule has 0 aromatic carbocycles. The molecule has 3 rings (SSSR count). The van der Waals surface area contributed by atoms with Crippen LogP contribution in [0, 0.1) is 5.92 Å². The predicted molar refractivity (Wildman–Crippen MR) is 86.5 cm³/mol. The van der Waals surface area contributed by atoms with Crippen LogP contribution in [-0.2, 0) is 13.6 Å². The van der Waals surface area contributed by atoms with Crippen molar-refractivity contribution in [3.05, 3.63) is 11.9 Å². The highest BCUT2D eigenvalue weighted by molar-refractivity contribution is 5.30. The Hall–Kier alpha value is -1.07. The molecule has 21 heavy (non-hydrogen) atoms. The molecule has 2 atom stereocenters. The van der Waals surface area contributed by atoms with Gasteiger partial charge < -0.3 is 19.7 Å². The first-order valence-corrected chi connectivity index (χ1v) is 8.16. The lowest BCUT2D eigenvalue weighted by molar-refractivity contribution is 0.132. The van der Waals surface area contributed by atoms with Crippen molar-refractivity contribution < 1.29 is 0 Å². The maximum absolute atomic E-state index is 4.47. The second-order valence-electron chi connectivity index (χ2n) is 7.02. The van der Waals surface area contributed by atoms with Crippen molar-refractivity contribution in [2.75, 3.05) is 32.6 Å². The molecular weight excluding hydrogens is 262 g/mol. The van der Waals surface area contributed by atoms with Crippen LogP contribution in [0.2, 0.25) is 0 Å². The molecule has 2 bridgehead atoms. The Bertz CT molecular complexity index is 467. The molecule has 5 heteroatoms. The van der Waals surface area contributed by atoms with E-state index in [0.717, 1.165) is 37.0 Å². The number of nitrogens with one attached hydrogen (secondary N) is 1. The quantitative estimate of drug-likeness (QED) is 0.891. The van der Waals surface area contributed by atoms with Gasteiger partial charge in [-0.3, -0.25) is 0 Å². The van der Waals surface area contributed by atoms with Gasteiger partial charge in [-0.15, -0.1) is 0 Å². The molecule has 1 aromatic rings. The zero-order chi connectivity index (χ0) is 15.0. The van der Waals surface area contributed by atoms with Crippen LogP contribution in [0.5, 0.6) is 0 Å². The van der Waals surface area contributed by atoms with Crippen molar-refractivity contribution in [2.24, 2.45) is 13.0 Å². The van der Waals surface area contributed by atoms with Crippen LogP contribution in [-0.4, -0.2) is 54.2 Å². The monoisotopic (exact) mass is 291 g/mol. The fourth-order valence-electron chi connectivity index (χ4n) is 4.11. The summed E-state index contributed by atoms with van der Waals surface area (Å²) in [4.78, 5) is 9.13. The van der Waals surface area contributed by atoms with Gasteiger partial charge in [0, 0.05) is 39.8 Å². The van der Waals surface area contributed by atoms with Gasteiger partial charge in [0.2, 0.25) is 5.95 Å². The Labute approximate surface area is 128 Å². The van der Waals surface area contributed by atoms with Crippen LogP contribution in [0.25, 0.3) is 0 Å². The Kier molecular flexibility index (Phi) is 4.22. The second-order valence-corrected chi connectivity index (χ2v) is 7.02. The molecule has 0 radical (unpaired) electrons. The summed E-state index contributed by atoms with van der Waals surface area (Å²) in [5, 5.41) is 3.65. The summed E-state index contributed by atoms with van der Waals surface area (Å²) in [6.07, 6.45) is 7.54. The first-order valence-electron chi connectivity index (χ1n) is 8.16. The maximum atomic E-state index is 4.47. The SMILES string of the molecule is CN(C)c1ncc(CNCC2CC3CCC(C2)N3C)n1C. The van der Waals surface area contributed by atoms with E-state index >= 15 is 0 Å². The van der Waals surface area contributed by atoms with E-state index in [-0.39, 0.29) is 0 Å². The first-order chi connectivity index (χ1) is 10.1. The Morgan fingerprint density at radius 2 is 1.90 bits per heavy atom. The van der Waals surface area contributed by atoms with Crippen molar-refractivity contribution in [2.45, 2.75) is 44.3 Å². The molecule has 3 heterocycles. The lowest BCUT2D eigenvalue weighted by Gasteiger charge is -2.36. The smallest absolute Gasteiger partial charge is 0.204 e. The lowest BCUT2D eigenvalue weighted by Crippen LogP contribution is -2.42. The standard InChI is InChI=1S/C16H29N5/c1-19(2)16-18-11-15(21(16)4)10-17-9-12-7-13-5-6-14(8-12)20(13)3/h11-14,17H,5-10H2,1-4H3. The highest BCUT2D eigenvalue weighted by Crippen LogP contribution is 2.37. The van der Waals surface area contributed by atoms with Crippen LogP contribution >= 0.6 is 0 Å². The van der Waals surface area contributed by atoms with Crippen molar-refractivity contribution in [1.29, 1.82) is 0 Å². The molecule has 2 fully saturated rings. The summed E-state index contributed by atoms with van der Waals surface area (Å²) >= 11 is 0. The van der Waals surface area contributed by atoms with Gasteiger partial charge in [0.25, 0.3) is 0 Å². The highest BCUT2D eigenvalue weighted by Gasteiger charge is 2.37.